The summed E-state index contributed by atoms with van der Waals surface area (Å²) in [4.78, 5) is 12.0. The summed E-state index contributed by atoms with van der Waals surface area (Å²) in [5, 5.41) is 9.77. The third kappa shape index (κ3) is 4.05. The number of halogens is 1. The van der Waals surface area contributed by atoms with Crippen molar-refractivity contribution >= 4 is 29.3 Å². The number of rotatable bonds is 4. The van der Waals surface area contributed by atoms with Crippen LogP contribution in [0.3, 0.4) is 0 Å². The summed E-state index contributed by atoms with van der Waals surface area (Å²) in [5.74, 6) is 0.479. The summed E-state index contributed by atoms with van der Waals surface area (Å²) < 4.78 is 7.02. The first-order chi connectivity index (χ1) is 13.8. The van der Waals surface area contributed by atoms with E-state index in [0.29, 0.717) is 29.0 Å². The molecule has 1 aliphatic heterocycles. The van der Waals surface area contributed by atoms with Crippen molar-refractivity contribution in [1.29, 1.82) is 0 Å². The SMILES string of the molecule is CC(C)(C)c1ccc(-c2nnc(S[C@@H]3CCOC3=O)n2-c2ccccc2Cl)cc1. The Morgan fingerprint density at radius 2 is 1.83 bits per heavy atom. The van der Waals surface area contributed by atoms with Gasteiger partial charge in [0.25, 0.3) is 0 Å². The van der Waals surface area contributed by atoms with Crippen LogP contribution in [0.2, 0.25) is 5.02 Å². The number of para-hydroxylation sites is 1. The molecule has 1 aliphatic rings. The van der Waals surface area contributed by atoms with E-state index in [1.54, 1.807) is 0 Å². The summed E-state index contributed by atoms with van der Waals surface area (Å²) in [6, 6.07) is 15.9. The number of ether oxygens (including phenoxy) is 1. The number of aromatic nitrogens is 3. The predicted octanol–water partition coefficient (Wildman–Crippen LogP) is 5.29. The van der Waals surface area contributed by atoms with Crippen LogP contribution < -0.4 is 0 Å². The molecule has 2 heterocycles. The molecule has 4 rings (SSSR count). The highest BCUT2D eigenvalue weighted by molar-refractivity contribution is 8.00. The number of hydrogen-bond acceptors (Lipinski definition) is 5. The number of carbonyl (C=O) groups excluding carboxylic acids is 1. The first-order valence-electron chi connectivity index (χ1n) is 9.49. The van der Waals surface area contributed by atoms with Crippen molar-refractivity contribution in [3.05, 3.63) is 59.1 Å². The lowest BCUT2D eigenvalue weighted by atomic mass is 9.87. The van der Waals surface area contributed by atoms with E-state index in [1.807, 2.05) is 28.8 Å². The molecule has 29 heavy (non-hydrogen) atoms. The normalized spacial score (nSPS) is 16.8. The monoisotopic (exact) mass is 427 g/mol. The van der Waals surface area contributed by atoms with E-state index in [1.165, 1.54) is 17.3 Å². The van der Waals surface area contributed by atoms with Crippen LogP contribution >= 0.6 is 23.4 Å². The topological polar surface area (TPSA) is 57.0 Å². The molecule has 2 aromatic carbocycles. The van der Waals surface area contributed by atoms with Gasteiger partial charge < -0.3 is 4.74 Å². The van der Waals surface area contributed by atoms with Gasteiger partial charge >= 0.3 is 5.97 Å². The second kappa shape index (κ2) is 7.84. The van der Waals surface area contributed by atoms with Crippen LogP contribution in [0.15, 0.2) is 53.7 Å². The quantitative estimate of drug-likeness (QED) is 0.529. The molecule has 7 heteroatoms. The number of thioether (sulfide) groups is 1. The van der Waals surface area contributed by atoms with E-state index in [0.717, 1.165) is 11.3 Å². The lowest BCUT2D eigenvalue weighted by Crippen LogP contribution is -2.11. The van der Waals surface area contributed by atoms with Crippen LogP contribution in [0.1, 0.15) is 32.8 Å². The van der Waals surface area contributed by atoms with Crippen molar-refractivity contribution in [3.8, 4) is 17.1 Å². The minimum Gasteiger partial charge on any atom is -0.465 e. The molecule has 0 spiro atoms. The molecular weight excluding hydrogens is 406 g/mol. The van der Waals surface area contributed by atoms with E-state index in [9.17, 15) is 4.79 Å². The fourth-order valence-corrected chi connectivity index (χ4v) is 4.45. The van der Waals surface area contributed by atoms with Gasteiger partial charge in [0.05, 0.1) is 17.3 Å². The maximum atomic E-state index is 12.0. The molecular formula is C22H22ClN3O2S. The Balaban J connectivity index is 1.80. The van der Waals surface area contributed by atoms with E-state index in [-0.39, 0.29) is 16.6 Å². The summed E-state index contributed by atoms with van der Waals surface area (Å²) in [5.41, 5.74) is 3.03. The molecule has 0 N–H and O–H groups in total. The summed E-state index contributed by atoms with van der Waals surface area (Å²) in [6.45, 7) is 6.99. The Hall–Kier alpha value is -2.31. The molecule has 5 nitrogen and oxygen atoms in total. The van der Waals surface area contributed by atoms with E-state index in [4.69, 9.17) is 16.3 Å². The molecule has 0 unspecified atom stereocenters. The molecule has 150 valence electrons. The number of hydrogen-bond donors (Lipinski definition) is 0. The first kappa shape index (κ1) is 20.0. The van der Waals surface area contributed by atoms with Crippen LogP contribution in [0.25, 0.3) is 17.1 Å². The zero-order valence-electron chi connectivity index (χ0n) is 16.6. The van der Waals surface area contributed by atoms with Gasteiger partial charge in [0, 0.05) is 12.0 Å². The van der Waals surface area contributed by atoms with Crippen molar-refractivity contribution in [3.63, 3.8) is 0 Å². The van der Waals surface area contributed by atoms with E-state index < -0.39 is 0 Å². The Morgan fingerprint density at radius 3 is 2.45 bits per heavy atom. The summed E-state index contributed by atoms with van der Waals surface area (Å²) >= 11 is 7.87. The van der Waals surface area contributed by atoms with Crippen molar-refractivity contribution in [2.45, 2.75) is 43.0 Å². The fourth-order valence-electron chi connectivity index (χ4n) is 3.21. The molecule has 0 bridgehead atoms. The molecule has 0 aliphatic carbocycles. The highest BCUT2D eigenvalue weighted by Gasteiger charge is 2.30. The van der Waals surface area contributed by atoms with Gasteiger partial charge in [-0.2, -0.15) is 0 Å². The van der Waals surface area contributed by atoms with Gasteiger partial charge in [-0.15, -0.1) is 10.2 Å². The fraction of sp³-hybridized carbons (Fsp3) is 0.318. The lowest BCUT2D eigenvalue weighted by Gasteiger charge is -2.19. The molecule has 1 saturated heterocycles. The zero-order chi connectivity index (χ0) is 20.6. The smallest absolute Gasteiger partial charge is 0.319 e. The Labute approximate surface area is 179 Å². The molecule has 0 saturated carbocycles. The predicted molar refractivity (Wildman–Crippen MR) is 116 cm³/mol. The Bertz CT molecular complexity index is 1040. The number of esters is 1. The Kier molecular flexibility index (Phi) is 5.40. The van der Waals surface area contributed by atoms with Gasteiger partial charge in [0.15, 0.2) is 11.0 Å². The number of carbonyl (C=O) groups is 1. The second-order valence-electron chi connectivity index (χ2n) is 7.98. The van der Waals surface area contributed by atoms with E-state index in [2.05, 4.69) is 55.2 Å². The summed E-state index contributed by atoms with van der Waals surface area (Å²) in [6.07, 6.45) is 0.661. The molecule has 0 radical (unpaired) electrons. The highest BCUT2D eigenvalue weighted by atomic mass is 35.5. The van der Waals surface area contributed by atoms with Crippen LogP contribution in [-0.2, 0) is 14.9 Å². The van der Waals surface area contributed by atoms with Gasteiger partial charge in [0.2, 0.25) is 0 Å². The third-order valence-electron chi connectivity index (χ3n) is 4.87. The van der Waals surface area contributed by atoms with Crippen LogP contribution in [0, 0.1) is 0 Å². The summed E-state index contributed by atoms with van der Waals surface area (Å²) in [7, 11) is 0. The van der Waals surface area contributed by atoms with Gasteiger partial charge in [-0.3, -0.25) is 9.36 Å². The van der Waals surface area contributed by atoms with Crippen molar-refractivity contribution in [1.82, 2.24) is 14.8 Å². The maximum absolute atomic E-state index is 12.0. The van der Waals surface area contributed by atoms with Gasteiger partial charge in [-0.1, -0.05) is 80.5 Å². The second-order valence-corrected chi connectivity index (χ2v) is 9.56. The maximum Gasteiger partial charge on any atom is 0.319 e. The van der Waals surface area contributed by atoms with Crippen LogP contribution in [-0.4, -0.2) is 32.6 Å². The molecule has 1 atom stereocenters. The van der Waals surface area contributed by atoms with E-state index >= 15 is 0 Å². The van der Waals surface area contributed by atoms with Crippen LogP contribution in [0.4, 0.5) is 0 Å². The standard InChI is InChI=1S/C22H22ClN3O2S/c1-22(2,3)15-10-8-14(9-11-15)19-24-25-21(29-18-12-13-28-20(18)27)26(19)17-7-5-4-6-16(17)23/h4-11,18H,12-13H2,1-3H3/t18-/m1/s1. The van der Waals surface area contributed by atoms with Crippen molar-refractivity contribution in [2.75, 3.05) is 6.61 Å². The average molecular weight is 428 g/mol. The van der Waals surface area contributed by atoms with Gasteiger partial charge in [-0.25, -0.2) is 0 Å². The molecule has 3 aromatic rings. The van der Waals surface area contributed by atoms with Gasteiger partial charge in [0.1, 0.15) is 5.25 Å². The Morgan fingerprint density at radius 1 is 1.10 bits per heavy atom. The molecule has 1 fully saturated rings. The minimum absolute atomic E-state index is 0.0682. The first-order valence-corrected chi connectivity index (χ1v) is 10.7. The van der Waals surface area contributed by atoms with Crippen molar-refractivity contribution < 1.29 is 9.53 Å². The van der Waals surface area contributed by atoms with Gasteiger partial charge in [-0.05, 0) is 23.1 Å². The molecule has 0 amide bonds. The lowest BCUT2D eigenvalue weighted by molar-refractivity contribution is -0.137. The average Bonchev–Trinajstić information content (AvgIpc) is 3.28. The third-order valence-corrected chi connectivity index (χ3v) is 6.38. The highest BCUT2D eigenvalue weighted by Crippen LogP contribution is 2.35. The number of cyclic esters (lactones) is 1. The zero-order valence-corrected chi connectivity index (χ0v) is 18.1. The largest absolute Gasteiger partial charge is 0.465 e. The number of nitrogens with zero attached hydrogens (tertiary/aromatic N) is 3. The van der Waals surface area contributed by atoms with Crippen LogP contribution in [0.5, 0.6) is 0 Å². The van der Waals surface area contributed by atoms with Crippen molar-refractivity contribution in [2.24, 2.45) is 0 Å². The minimum atomic E-state index is -0.281. The molecule has 1 aromatic heterocycles. The number of benzene rings is 2.